The highest BCUT2D eigenvalue weighted by atomic mass is 16.4. The molecule has 1 aromatic carbocycles. The van der Waals surface area contributed by atoms with Crippen molar-refractivity contribution < 1.29 is 14.7 Å². The molecule has 2 amide bonds. The number of carbonyl (C=O) groups excluding carboxylic acids is 1. The number of hydrogen-bond donors (Lipinski definition) is 3. The predicted molar refractivity (Wildman–Crippen MR) is 74.5 cm³/mol. The van der Waals surface area contributed by atoms with Crippen LogP contribution in [0.3, 0.4) is 0 Å². The van der Waals surface area contributed by atoms with Crippen molar-refractivity contribution in [3.05, 3.63) is 29.8 Å². The Labute approximate surface area is 113 Å². The van der Waals surface area contributed by atoms with Gasteiger partial charge in [-0.1, -0.05) is 32.9 Å². The molecule has 1 aromatic rings. The van der Waals surface area contributed by atoms with Gasteiger partial charge in [0.15, 0.2) is 0 Å². The quantitative estimate of drug-likeness (QED) is 0.782. The van der Waals surface area contributed by atoms with E-state index in [2.05, 4.69) is 31.4 Å². The van der Waals surface area contributed by atoms with E-state index in [-0.39, 0.29) is 11.0 Å². The molecule has 0 unspecified atom stereocenters. The van der Waals surface area contributed by atoms with Gasteiger partial charge in [0.1, 0.15) is 0 Å². The summed E-state index contributed by atoms with van der Waals surface area (Å²) in [7, 11) is 0. The molecule has 1 rings (SSSR count). The van der Waals surface area contributed by atoms with Crippen molar-refractivity contribution in [1.29, 1.82) is 0 Å². The van der Waals surface area contributed by atoms with Crippen molar-refractivity contribution in [2.75, 3.05) is 11.9 Å². The Morgan fingerprint density at radius 1 is 1.21 bits per heavy atom. The molecule has 3 N–H and O–H groups in total. The molecule has 0 aliphatic heterocycles. The first-order valence-electron chi connectivity index (χ1n) is 6.17. The number of para-hydroxylation sites is 1. The number of amides is 2. The molecule has 0 atom stereocenters. The van der Waals surface area contributed by atoms with E-state index in [4.69, 9.17) is 5.11 Å². The molecule has 104 valence electrons. The van der Waals surface area contributed by atoms with E-state index in [1.807, 2.05) is 0 Å². The second-order valence-electron chi connectivity index (χ2n) is 5.54. The summed E-state index contributed by atoms with van der Waals surface area (Å²) in [5.41, 5.74) is 0.517. The minimum Gasteiger partial charge on any atom is -0.478 e. The maximum Gasteiger partial charge on any atom is 0.337 e. The largest absolute Gasteiger partial charge is 0.478 e. The molecule has 0 aromatic heterocycles. The highest BCUT2D eigenvalue weighted by molar-refractivity contribution is 5.99. The summed E-state index contributed by atoms with van der Waals surface area (Å²) in [6, 6.07) is 5.92. The van der Waals surface area contributed by atoms with Crippen LogP contribution in [-0.2, 0) is 0 Å². The smallest absolute Gasteiger partial charge is 0.337 e. The van der Waals surface area contributed by atoms with Crippen LogP contribution in [0.4, 0.5) is 10.5 Å². The van der Waals surface area contributed by atoms with Crippen molar-refractivity contribution in [2.24, 2.45) is 5.41 Å². The molecule has 0 bridgehead atoms. The van der Waals surface area contributed by atoms with Crippen LogP contribution >= 0.6 is 0 Å². The van der Waals surface area contributed by atoms with Gasteiger partial charge in [0.05, 0.1) is 11.3 Å². The third-order valence-electron chi connectivity index (χ3n) is 2.57. The minimum atomic E-state index is -1.06. The monoisotopic (exact) mass is 264 g/mol. The zero-order valence-electron chi connectivity index (χ0n) is 11.5. The average Bonchev–Trinajstić information content (AvgIpc) is 2.27. The van der Waals surface area contributed by atoms with Crippen LogP contribution < -0.4 is 10.6 Å². The Morgan fingerprint density at radius 2 is 1.84 bits per heavy atom. The predicted octanol–water partition coefficient (Wildman–Crippen LogP) is 2.94. The number of carboxylic acids is 1. The van der Waals surface area contributed by atoms with Gasteiger partial charge < -0.3 is 15.7 Å². The fourth-order valence-electron chi connectivity index (χ4n) is 1.50. The van der Waals surface area contributed by atoms with Crippen molar-refractivity contribution >= 4 is 17.7 Å². The van der Waals surface area contributed by atoms with Crippen LogP contribution in [0.15, 0.2) is 24.3 Å². The van der Waals surface area contributed by atoms with E-state index in [0.717, 1.165) is 6.42 Å². The zero-order valence-corrected chi connectivity index (χ0v) is 11.5. The number of benzene rings is 1. The molecule has 19 heavy (non-hydrogen) atoms. The Balaban J connectivity index is 2.56. The third kappa shape index (κ3) is 5.42. The van der Waals surface area contributed by atoms with Crippen LogP contribution in [0.25, 0.3) is 0 Å². The lowest BCUT2D eigenvalue weighted by atomic mass is 9.92. The maximum atomic E-state index is 11.7. The van der Waals surface area contributed by atoms with Crippen molar-refractivity contribution in [3.63, 3.8) is 0 Å². The van der Waals surface area contributed by atoms with Gasteiger partial charge in [0.25, 0.3) is 0 Å². The van der Waals surface area contributed by atoms with E-state index in [9.17, 15) is 9.59 Å². The van der Waals surface area contributed by atoms with Gasteiger partial charge in [-0.25, -0.2) is 9.59 Å². The molecule has 0 aliphatic rings. The summed E-state index contributed by atoms with van der Waals surface area (Å²) in [6.07, 6.45) is 0.848. The van der Waals surface area contributed by atoms with Crippen molar-refractivity contribution in [3.8, 4) is 0 Å². The van der Waals surface area contributed by atoms with Crippen molar-refractivity contribution in [1.82, 2.24) is 5.32 Å². The molecule has 5 nitrogen and oxygen atoms in total. The molecule has 0 saturated heterocycles. The molecule has 0 aliphatic carbocycles. The fourth-order valence-corrected chi connectivity index (χ4v) is 1.50. The minimum absolute atomic E-state index is 0.0773. The number of nitrogens with one attached hydrogen (secondary N) is 2. The van der Waals surface area contributed by atoms with Gasteiger partial charge in [-0.05, 0) is 24.0 Å². The molecule has 0 heterocycles. The number of rotatable bonds is 4. The summed E-state index contributed by atoms with van der Waals surface area (Å²) in [4.78, 5) is 22.6. The highest BCUT2D eigenvalue weighted by Crippen LogP contribution is 2.17. The van der Waals surface area contributed by atoms with Gasteiger partial charge in [0, 0.05) is 6.54 Å². The summed E-state index contributed by atoms with van der Waals surface area (Å²) in [6.45, 7) is 6.81. The van der Waals surface area contributed by atoms with E-state index >= 15 is 0 Å². The first kappa shape index (κ1) is 15.0. The number of hydrogen-bond acceptors (Lipinski definition) is 2. The Bertz CT molecular complexity index is 464. The lowest BCUT2D eigenvalue weighted by molar-refractivity contribution is 0.0698. The molecule has 5 heteroatoms. The number of carbonyl (C=O) groups is 2. The third-order valence-corrected chi connectivity index (χ3v) is 2.57. The topological polar surface area (TPSA) is 78.4 Å². The molecule has 0 saturated carbocycles. The Morgan fingerprint density at radius 3 is 2.42 bits per heavy atom. The first-order valence-corrected chi connectivity index (χ1v) is 6.17. The van der Waals surface area contributed by atoms with Crippen LogP contribution in [-0.4, -0.2) is 23.7 Å². The SMILES string of the molecule is CC(C)(C)CCNC(=O)Nc1ccccc1C(=O)O. The summed E-state index contributed by atoms with van der Waals surface area (Å²) >= 11 is 0. The summed E-state index contributed by atoms with van der Waals surface area (Å²) in [5, 5.41) is 14.2. The normalized spacial score (nSPS) is 10.9. The van der Waals surface area contributed by atoms with Gasteiger partial charge in [-0.2, -0.15) is 0 Å². The zero-order chi connectivity index (χ0) is 14.5. The summed E-state index contributed by atoms with van der Waals surface area (Å²) < 4.78 is 0. The second-order valence-corrected chi connectivity index (χ2v) is 5.54. The Kier molecular flexibility index (Phi) is 4.92. The molecular formula is C14H20N2O3. The van der Waals surface area contributed by atoms with E-state index in [1.165, 1.54) is 6.07 Å². The molecule has 0 radical (unpaired) electrons. The number of carboxylic acid groups (broad SMARTS) is 1. The fraction of sp³-hybridized carbons (Fsp3) is 0.429. The summed E-state index contributed by atoms with van der Waals surface area (Å²) in [5.74, 6) is -1.06. The lowest BCUT2D eigenvalue weighted by Gasteiger charge is -2.18. The van der Waals surface area contributed by atoms with Gasteiger partial charge >= 0.3 is 12.0 Å². The van der Waals surface area contributed by atoms with Crippen molar-refractivity contribution in [2.45, 2.75) is 27.2 Å². The lowest BCUT2D eigenvalue weighted by Crippen LogP contribution is -2.31. The average molecular weight is 264 g/mol. The maximum absolute atomic E-state index is 11.7. The van der Waals surface area contributed by atoms with Crippen LogP contribution in [0, 0.1) is 5.41 Å². The molecular weight excluding hydrogens is 244 g/mol. The van der Waals surface area contributed by atoms with Crippen LogP contribution in [0.5, 0.6) is 0 Å². The van der Waals surface area contributed by atoms with Gasteiger partial charge in [0.2, 0.25) is 0 Å². The van der Waals surface area contributed by atoms with Gasteiger partial charge in [-0.15, -0.1) is 0 Å². The molecule has 0 spiro atoms. The first-order chi connectivity index (χ1) is 8.79. The standard InChI is InChI=1S/C14H20N2O3/c1-14(2,3)8-9-15-13(19)16-11-7-5-4-6-10(11)12(17)18/h4-7H,8-9H2,1-3H3,(H,17,18)(H2,15,16,19). The van der Waals surface area contributed by atoms with E-state index in [0.29, 0.717) is 12.2 Å². The Hall–Kier alpha value is -2.04. The van der Waals surface area contributed by atoms with E-state index in [1.54, 1.807) is 18.2 Å². The van der Waals surface area contributed by atoms with E-state index < -0.39 is 12.0 Å². The number of aromatic carboxylic acids is 1. The highest BCUT2D eigenvalue weighted by Gasteiger charge is 2.13. The van der Waals surface area contributed by atoms with Crippen LogP contribution in [0.1, 0.15) is 37.6 Å². The van der Waals surface area contributed by atoms with Crippen LogP contribution in [0.2, 0.25) is 0 Å². The van der Waals surface area contributed by atoms with Gasteiger partial charge in [-0.3, -0.25) is 0 Å². The molecule has 0 fully saturated rings. The second kappa shape index (κ2) is 6.22. The number of anilines is 1. The number of urea groups is 1.